The molecule has 4 N–H and O–H groups in total. The highest BCUT2D eigenvalue weighted by molar-refractivity contribution is 6.09. The number of hydrogen-bond acceptors (Lipinski definition) is 9. The predicted molar refractivity (Wildman–Crippen MR) is 126 cm³/mol. The second-order valence-corrected chi connectivity index (χ2v) is 9.05. The van der Waals surface area contributed by atoms with Gasteiger partial charge in [0.05, 0.1) is 22.6 Å². The summed E-state index contributed by atoms with van der Waals surface area (Å²) in [6.07, 6.45) is -2.75. The molecule has 2 heterocycles. The molecule has 36 heavy (non-hydrogen) atoms. The zero-order valence-corrected chi connectivity index (χ0v) is 19.2. The lowest BCUT2D eigenvalue weighted by Crippen LogP contribution is -2.58. The minimum absolute atomic E-state index is 0.116. The molecule has 1 aliphatic carbocycles. The molecule has 0 amide bonds. The van der Waals surface area contributed by atoms with Crippen molar-refractivity contribution >= 4 is 16.6 Å². The first kappa shape index (κ1) is 22.8. The molecule has 1 spiro atoms. The van der Waals surface area contributed by atoms with Crippen molar-refractivity contribution in [1.29, 1.82) is 0 Å². The Kier molecular flexibility index (Phi) is 5.20. The molecule has 6 atom stereocenters. The van der Waals surface area contributed by atoms with Gasteiger partial charge in [-0.05, 0) is 42.8 Å². The van der Waals surface area contributed by atoms with Crippen molar-refractivity contribution in [2.24, 2.45) is 0 Å². The monoisotopic (exact) mass is 492 g/mol. The molecular formula is C27H24O9. The summed E-state index contributed by atoms with van der Waals surface area (Å²) >= 11 is 0. The number of benzene rings is 3. The summed E-state index contributed by atoms with van der Waals surface area (Å²) in [4.78, 5) is 12.5. The highest BCUT2D eigenvalue weighted by atomic mass is 16.7. The Morgan fingerprint density at radius 2 is 1.69 bits per heavy atom. The van der Waals surface area contributed by atoms with Crippen molar-refractivity contribution in [3.8, 4) is 23.0 Å². The Labute approximate surface area is 205 Å². The molecule has 0 bridgehead atoms. The van der Waals surface area contributed by atoms with E-state index in [-0.39, 0.29) is 17.1 Å². The Bertz CT molecular complexity index is 1380. The van der Waals surface area contributed by atoms with Gasteiger partial charge in [-0.3, -0.25) is 4.79 Å². The quantitative estimate of drug-likeness (QED) is 0.435. The molecule has 6 rings (SSSR count). The number of carbonyl (C=O) groups excluding carboxylic acids is 1. The van der Waals surface area contributed by atoms with Crippen LogP contribution in [0.3, 0.4) is 0 Å². The molecule has 1 fully saturated rings. The molecule has 3 aromatic rings. The first-order valence-electron chi connectivity index (χ1n) is 11.7. The van der Waals surface area contributed by atoms with E-state index in [1.165, 1.54) is 18.2 Å². The van der Waals surface area contributed by atoms with Crippen LogP contribution in [-0.4, -0.2) is 56.9 Å². The largest absolute Gasteiger partial charge is 0.507 e. The SMILES string of the molecule is CCC1OC(Oc2ccc3c4c(cccc24)OC2(C=CC(=O)c4c(O)cccc42)O3)C(O)C(O)C1O. The van der Waals surface area contributed by atoms with E-state index in [1.807, 2.05) is 0 Å². The number of phenolic OH excluding ortho intramolecular Hbond substituents is 1. The van der Waals surface area contributed by atoms with E-state index in [2.05, 4.69) is 0 Å². The van der Waals surface area contributed by atoms with E-state index < -0.39 is 36.5 Å². The number of allylic oxidation sites excluding steroid dienone is 1. The number of aromatic hydroxyl groups is 1. The lowest BCUT2D eigenvalue weighted by molar-refractivity contribution is -0.272. The van der Waals surface area contributed by atoms with Crippen molar-refractivity contribution in [3.63, 3.8) is 0 Å². The standard InChI is InChI=1S/C27H24O9/c1-2-17-23(30)24(31)25(32)26(33-17)34-18-9-10-20-21-13(18)5-3-8-19(21)35-27(36-20)12-11-16(29)22-14(27)6-4-7-15(22)28/h3-12,17,23-26,28,30-32H,2H2,1H3. The lowest BCUT2D eigenvalue weighted by atomic mass is 9.89. The molecular weight excluding hydrogens is 468 g/mol. The van der Waals surface area contributed by atoms with Crippen LogP contribution < -0.4 is 14.2 Å². The van der Waals surface area contributed by atoms with Crippen LogP contribution in [-0.2, 0) is 10.5 Å². The van der Waals surface area contributed by atoms with E-state index >= 15 is 0 Å². The fraction of sp³-hybridized carbons (Fsp3) is 0.296. The Hall–Kier alpha value is -3.63. The summed E-state index contributed by atoms with van der Waals surface area (Å²) in [6, 6.07) is 13.4. The molecule has 3 aliphatic rings. The van der Waals surface area contributed by atoms with Crippen LogP contribution in [0.15, 0.2) is 60.7 Å². The smallest absolute Gasteiger partial charge is 0.299 e. The summed E-state index contributed by atoms with van der Waals surface area (Å²) < 4.78 is 24.3. The maximum atomic E-state index is 12.5. The topological polar surface area (TPSA) is 135 Å². The first-order chi connectivity index (χ1) is 17.3. The van der Waals surface area contributed by atoms with Crippen LogP contribution in [0.1, 0.15) is 29.3 Å². The summed E-state index contributed by atoms with van der Waals surface area (Å²) in [5.74, 6) is -0.696. The van der Waals surface area contributed by atoms with Gasteiger partial charge in [0.15, 0.2) is 5.78 Å². The van der Waals surface area contributed by atoms with Crippen LogP contribution >= 0.6 is 0 Å². The van der Waals surface area contributed by atoms with Gasteiger partial charge in [0.25, 0.3) is 5.79 Å². The summed E-state index contributed by atoms with van der Waals surface area (Å²) in [5.41, 5.74) is 0.500. The van der Waals surface area contributed by atoms with Gasteiger partial charge >= 0.3 is 0 Å². The zero-order valence-electron chi connectivity index (χ0n) is 19.2. The minimum Gasteiger partial charge on any atom is -0.507 e. The number of carbonyl (C=O) groups is 1. The molecule has 6 unspecified atom stereocenters. The maximum Gasteiger partial charge on any atom is 0.299 e. The van der Waals surface area contributed by atoms with Gasteiger partial charge in [0, 0.05) is 11.5 Å². The summed E-state index contributed by atoms with van der Waals surface area (Å²) in [7, 11) is 0. The zero-order chi connectivity index (χ0) is 25.2. The van der Waals surface area contributed by atoms with Crippen molar-refractivity contribution < 1.29 is 44.2 Å². The molecule has 3 aromatic carbocycles. The minimum atomic E-state index is -1.46. The number of aliphatic hydroxyl groups is 3. The molecule has 9 heteroatoms. The van der Waals surface area contributed by atoms with Crippen LogP contribution in [0.2, 0.25) is 0 Å². The van der Waals surface area contributed by atoms with Gasteiger partial charge in [-0.1, -0.05) is 25.1 Å². The van der Waals surface area contributed by atoms with Crippen molar-refractivity contribution in [3.05, 3.63) is 71.8 Å². The van der Waals surface area contributed by atoms with Crippen LogP contribution in [0.4, 0.5) is 0 Å². The lowest BCUT2D eigenvalue weighted by Gasteiger charge is -2.40. The number of ketones is 1. The van der Waals surface area contributed by atoms with Gasteiger partial charge in [0.2, 0.25) is 6.29 Å². The van der Waals surface area contributed by atoms with Gasteiger partial charge in [-0.15, -0.1) is 0 Å². The normalized spacial score (nSPS) is 30.6. The van der Waals surface area contributed by atoms with E-state index in [0.29, 0.717) is 40.0 Å². The number of hydrogen-bond donors (Lipinski definition) is 4. The highest BCUT2D eigenvalue weighted by Crippen LogP contribution is 2.50. The van der Waals surface area contributed by atoms with Crippen molar-refractivity contribution in [1.82, 2.24) is 0 Å². The molecule has 1 saturated heterocycles. The Balaban J connectivity index is 1.39. The molecule has 2 aliphatic heterocycles. The highest BCUT2D eigenvalue weighted by Gasteiger charge is 2.46. The average Bonchev–Trinajstić information content (AvgIpc) is 2.88. The average molecular weight is 492 g/mol. The fourth-order valence-electron chi connectivity index (χ4n) is 5.04. The van der Waals surface area contributed by atoms with E-state index in [4.69, 9.17) is 18.9 Å². The first-order valence-corrected chi connectivity index (χ1v) is 11.7. The van der Waals surface area contributed by atoms with E-state index in [0.717, 1.165) is 0 Å². The maximum absolute atomic E-state index is 12.5. The third-order valence-electron chi connectivity index (χ3n) is 6.88. The third kappa shape index (κ3) is 3.28. The second kappa shape index (κ2) is 8.21. The molecule has 186 valence electrons. The fourth-order valence-corrected chi connectivity index (χ4v) is 5.04. The molecule has 0 radical (unpaired) electrons. The van der Waals surface area contributed by atoms with Gasteiger partial charge < -0.3 is 39.4 Å². The van der Waals surface area contributed by atoms with Gasteiger partial charge in [0.1, 0.15) is 41.3 Å². The van der Waals surface area contributed by atoms with Crippen LogP contribution in [0.25, 0.3) is 10.8 Å². The Morgan fingerprint density at radius 1 is 0.944 bits per heavy atom. The van der Waals surface area contributed by atoms with Gasteiger partial charge in [-0.25, -0.2) is 0 Å². The van der Waals surface area contributed by atoms with Crippen LogP contribution in [0, 0.1) is 0 Å². The summed E-state index contributed by atoms with van der Waals surface area (Å²) in [5, 5.41) is 42.4. The van der Waals surface area contributed by atoms with E-state index in [1.54, 1.807) is 49.4 Å². The molecule has 0 aromatic heterocycles. The second-order valence-electron chi connectivity index (χ2n) is 9.05. The number of fused-ring (bicyclic) bond motifs is 2. The summed E-state index contributed by atoms with van der Waals surface area (Å²) in [6.45, 7) is 1.80. The molecule has 9 nitrogen and oxygen atoms in total. The predicted octanol–water partition coefficient (Wildman–Crippen LogP) is 2.52. The van der Waals surface area contributed by atoms with Crippen LogP contribution in [0.5, 0.6) is 23.0 Å². The number of aliphatic hydroxyl groups excluding tert-OH is 3. The van der Waals surface area contributed by atoms with Gasteiger partial charge in [-0.2, -0.15) is 0 Å². The number of rotatable bonds is 3. The number of ether oxygens (including phenoxy) is 4. The number of phenols is 1. The molecule has 0 saturated carbocycles. The van der Waals surface area contributed by atoms with E-state index in [9.17, 15) is 25.2 Å². The van der Waals surface area contributed by atoms with Crippen molar-refractivity contribution in [2.45, 2.75) is 49.8 Å². The third-order valence-corrected chi connectivity index (χ3v) is 6.88. The van der Waals surface area contributed by atoms with Crippen molar-refractivity contribution in [2.75, 3.05) is 0 Å². The Morgan fingerprint density at radius 3 is 2.47 bits per heavy atom.